The van der Waals surface area contributed by atoms with E-state index in [9.17, 15) is 0 Å². The van der Waals surface area contributed by atoms with Crippen LogP contribution in [0.2, 0.25) is 12.1 Å². The van der Waals surface area contributed by atoms with Crippen LogP contribution < -0.4 is 0 Å². The summed E-state index contributed by atoms with van der Waals surface area (Å²) in [5.74, 6) is 0. The molecule has 0 rings (SSSR count). The minimum atomic E-state index is -1.50. The van der Waals surface area contributed by atoms with Crippen LogP contribution in [-0.2, 0) is 4.43 Å². The third-order valence-electron chi connectivity index (χ3n) is 2.36. The maximum Gasteiger partial charge on any atom is 0.216 e. The third-order valence-corrected chi connectivity index (χ3v) is 6.36. The second-order valence-electron chi connectivity index (χ2n) is 3.16. The molecule has 1 nitrogen and oxygen atoms in total. The summed E-state index contributed by atoms with van der Waals surface area (Å²) >= 11 is 0. The molecule has 0 aliphatic carbocycles. The lowest BCUT2D eigenvalue weighted by molar-refractivity contribution is 0.327. The van der Waals surface area contributed by atoms with Crippen LogP contribution in [0.25, 0.3) is 0 Å². The van der Waals surface area contributed by atoms with E-state index in [2.05, 4.69) is 33.0 Å². The van der Waals surface area contributed by atoms with E-state index in [0.29, 0.717) is 0 Å². The highest BCUT2D eigenvalue weighted by Crippen LogP contribution is 2.20. The van der Waals surface area contributed by atoms with Crippen LogP contribution >= 0.6 is 0 Å². The van der Waals surface area contributed by atoms with E-state index in [0.717, 1.165) is 6.61 Å². The first-order valence-corrected chi connectivity index (χ1v) is 7.42. The summed E-state index contributed by atoms with van der Waals surface area (Å²) < 4.78 is 5.85. The smallest absolute Gasteiger partial charge is 0.216 e. The SMILES string of the molecule is C=C[Si](CC)(CCCC)OCC. The second-order valence-corrected chi connectivity index (χ2v) is 7.19. The van der Waals surface area contributed by atoms with Crippen molar-refractivity contribution in [1.82, 2.24) is 0 Å². The molecule has 12 heavy (non-hydrogen) atoms. The largest absolute Gasteiger partial charge is 0.413 e. The van der Waals surface area contributed by atoms with E-state index in [1.54, 1.807) is 0 Å². The van der Waals surface area contributed by atoms with Gasteiger partial charge in [-0.3, -0.25) is 0 Å². The number of unbranched alkanes of at least 4 members (excludes halogenated alkanes) is 1. The van der Waals surface area contributed by atoms with Crippen molar-refractivity contribution >= 4 is 8.32 Å². The molecule has 1 atom stereocenters. The Morgan fingerprint density at radius 3 is 2.33 bits per heavy atom. The highest BCUT2D eigenvalue weighted by molar-refractivity contribution is 6.78. The summed E-state index contributed by atoms with van der Waals surface area (Å²) in [5, 5.41) is 0. The molecule has 72 valence electrons. The van der Waals surface area contributed by atoms with Gasteiger partial charge in [-0.05, 0) is 19.0 Å². The van der Waals surface area contributed by atoms with Gasteiger partial charge in [0.25, 0.3) is 0 Å². The molecule has 0 aliphatic heterocycles. The van der Waals surface area contributed by atoms with Gasteiger partial charge in [0.05, 0.1) is 0 Å². The fraction of sp³-hybridized carbons (Fsp3) is 0.800. The molecule has 0 radical (unpaired) electrons. The zero-order valence-electron chi connectivity index (χ0n) is 8.73. The summed E-state index contributed by atoms with van der Waals surface area (Å²) in [6.45, 7) is 11.3. The lowest BCUT2D eigenvalue weighted by Gasteiger charge is -2.25. The van der Waals surface area contributed by atoms with E-state index in [-0.39, 0.29) is 0 Å². The van der Waals surface area contributed by atoms with E-state index in [4.69, 9.17) is 4.43 Å². The van der Waals surface area contributed by atoms with Gasteiger partial charge in [0.1, 0.15) is 0 Å². The Morgan fingerprint density at radius 1 is 1.33 bits per heavy atom. The monoisotopic (exact) mass is 186 g/mol. The van der Waals surface area contributed by atoms with Crippen molar-refractivity contribution < 1.29 is 4.43 Å². The van der Waals surface area contributed by atoms with Crippen LogP contribution in [0.3, 0.4) is 0 Å². The van der Waals surface area contributed by atoms with Gasteiger partial charge in [0, 0.05) is 6.61 Å². The minimum Gasteiger partial charge on any atom is -0.413 e. The van der Waals surface area contributed by atoms with E-state index in [1.807, 2.05) is 0 Å². The van der Waals surface area contributed by atoms with Gasteiger partial charge in [-0.25, -0.2) is 0 Å². The predicted octanol–water partition coefficient (Wildman–Crippen LogP) is 3.51. The summed E-state index contributed by atoms with van der Waals surface area (Å²) in [5.41, 5.74) is 2.10. The molecular formula is C10H22OSi. The maximum absolute atomic E-state index is 5.85. The Balaban J connectivity index is 4.04. The van der Waals surface area contributed by atoms with Crippen molar-refractivity contribution in [3.05, 3.63) is 12.3 Å². The molecule has 0 aromatic heterocycles. The first-order chi connectivity index (χ1) is 5.74. The standard InChI is InChI=1S/C10H22OSi/c1-5-9-10-12(7-3,8-4)11-6-2/h7H,3,5-6,8-10H2,1-2,4H3. The van der Waals surface area contributed by atoms with Crippen LogP contribution in [0, 0.1) is 0 Å². The lowest BCUT2D eigenvalue weighted by Crippen LogP contribution is -2.35. The van der Waals surface area contributed by atoms with Gasteiger partial charge < -0.3 is 4.43 Å². The van der Waals surface area contributed by atoms with Crippen molar-refractivity contribution in [2.75, 3.05) is 6.61 Å². The van der Waals surface area contributed by atoms with Gasteiger partial charge in [-0.2, -0.15) is 0 Å². The van der Waals surface area contributed by atoms with Crippen molar-refractivity contribution in [3.8, 4) is 0 Å². The number of rotatable bonds is 7. The molecule has 0 amide bonds. The summed E-state index contributed by atoms with van der Waals surface area (Å²) in [6, 6.07) is 2.42. The lowest BCUT2D eigenvalue weighted by atomic mass is 10.4. The first kappa shape index (κ1) is 11.9. The molecule has 0 aliphatic rings. The molecule has 0 saturated carbocycles. The van der Waals surface area contributed by atoms with Gasteiger partial charge in [0.2, 0.25) is 8.32 Å². The van der Waals surface area contributed by atoms with Crippen LogP contribution in [0.1, 0.15) is 33.6 Å². The molecule has 0 N–H and O–H groups in total. The van der Waals surface area contributed by atoms with Crippen LogP contribution in [-0.4, -0.2) is 14.9 Å². The Kier molecular flexibility index (Phi) is 6.39. The van der Waals surface area contributed by atoms with Crippen molar-refractivity contribution in [1.29, 1.82) is 0 Å². The highest BCUT2D eigenvalue weighted by Gasteiger charge is 2.27. The van der Waals surface area contributed by atoms with Gasteiger partial charge in [-0.15, -0.1) is 6.58 Å². The first-order valence-electron chi connectivity index (χ1n) is 5.02. The quantitative estimate of drug-likeness (QED) is 0.553. The van der Waals surface area contributed by atoms with Crippen molar-refractivity contribution in [2.24, 2.45) is 0 Å². The predicted molar refractivity (Wildman–Crippen MR) is 57.8 cm³/mol. The summed E-state index contributed by atoms with van der Waals surface area (Å²) in [6.07, 6.45) is 2.54. The topological polar surface area (TPSA) is 9.23 Å². The average molecular weight is 186 g/mol. The molecule has 0 heterocycles. The highest BCUT2D eigenvalue weighted by atomic mass is 28.4. The van der Waals surface area contributed by atoms with Crippen molar-refractivity contribution in [2.45, 2.75) is 45.7 Å². The molecule has 0 saturated heterocycles. The number of hydrogen-bond donors (Lipinski definition) is 0. The third kappa shape index (κ3) is 3.54. The van der Waals surface area contributed by atoms with Crippen molar-refractivity contribution in [3.63, 3.8) is 0 Å². The Labute approximate surface area is 78.0 Å². The van der Waals surface area contributed by atoms with E-state index >= 15 is 0 Å². The minimum absolute atomic E-state index is 0.843. The Bertz CT molecular complexity index is 125. The fourth-order valence-electron chi connectivity index (χ4n) is 1.42. The molecule has 0 spiro atoms. The zero-order chi connectivity index (χ0) is 9.45. The molecule has 0 aromatic rings. The Hall–Kier alpha value is -0.0831. The number of hydrogen-bond acceptors (Lipinski definition) is 1. The average Bonchev–Trinajstić information content (AvgIpc) is 2.13. The van der Waals surface area contributed by atoms with Gasteiger partial charge >= 0.3 is 0 Å². The normalized spacial score (nSPS) is 15.6. The van der Waals surface area contributed by atoms with E-state index in [1.165, 1.54) is 24.9 Å². The van der Waals surface area contributed by atoms with Crippen LogP contribution in [0.4, 0.5) is 0 Å². The Morgan fingerprint density at radius 2 is 2.00 bits per heavy atom. The molecule has 1 unspecified atom stereocenters. The molecule has 0 fully saturated rings. The molecule has 2 heteroatoms. The fourth-order valence-corrected chi connectivity index (χ4v) is 4.26. The van der Waals surface area contributed by atoms with Crippen LogP contribution in [0.5, 0.6) is 0 Å². The molecule has 0 bridgehead atoms. The zero-order valence-corrected chi connectivity index (χ0v) is 9.73. The van der Waals surface area contributed by atoms with E-state index < -0.39 is 8.32 Å². The summed E-state index contributed by atoms with van der Waals surface area (Å²) in [4.78, 5) is 0. The molecular weight excluding hydrogens is 164 g/mol. The molecule has 0 aromatic carbocycles. The second kappa shape index (κ2) is 6.43. The van der Waals surface area contributed by atoms with Crippen LogP contribution in [0.15, 0.2) is 12.3 Å². The van der Waals surface area contributed by atoms with Gasteiger partial charge in [0.15, 0.2) is 0 Å². The van der Waals surface area contributed by atoms with Gasteiger partial charge in [-0.1, -0.05) is 32.4 Å². The summed E-state index contributed by atoms with van der Waals surface area (Å²) in [7, 11) is -1.50. The maximum atomic E-state index is 5.85.